The Kier molecular flexibility index (Phi) is 3.64. The van der Waals surface area contributed by atoms with Crippen molar-refractivity contribution in [2.45, 2.75) is 13.0 Å². The molecular formula is C17H19N9O. The number of aryl methyl sites for hydroxylation is 1. The second kappa shape index (κ2) is 6.16. The molecule has 4 aromatic heterocycles. The largest absolute Gasteiger partial charge is 0.377 e. The number of fused-ring (bicyclic) bond motifs is 1. The van der Waals surface area contributed by atoms with Crippen molar-refractivity contribution in [2.75, 3.05) is 24.7 Å². The average Bonchev–Trinajstić information content (AvgIpc) is 3.41. The van der Waals surface area contributed by atoms with Crippen LogP contribution in [-0.2, 0) is 11.8 Å². The molecule has 138 valence electrons. The lowest BCUT2D eigenvalue weighted by Gasteiger charge is -2.33. The van der Waals surface area contributed by atoms with Crippen LogP contribution in [0, 0.1) is 0 Å². The molecule has 1 atom stereocenters. The zero-order chi connectivity index (χ0) is 18.4. The Labute approximate surface area is 154 Å². The predicted molar refractivity (Wildman–Crippen MR) is 98.2 cm³/mol. The van der Waals surface area contributed by atoms with Crippen molar-refractivity contribution < 1.29 is 4.74 Å². The number of ether oxygens (including phenoxy) is 1. The summed E-state index contributed by atoms with van der Waals surface area (Å²) in [7, 11) is 1.90. The van der Waals surface area contributed by atoms with Crippen molar-refractivity contribution in [3.05, 3.63) is 30.7 Å². The second-order valence-corrected chi connectivity index (χ2v) is 6.57. The number of H-pyrrole nitrogens is 1. The third kappa shape index (κ3) is 2.56. The smallest absolute Gasteiger partial charge is 0.244 e. The molecule has 5 heterocycles. The fourth-order valence-corrected chi connectivity index (χ4v) is 3.38. The maximum absolute atomic E-state index is 5.57. The van der Waals surface area contributed by atoms with Crippen molar-refractivity contribution in [3.8, 4) is 22.9 Å². The van der Waals surface area contributed by atoms with E-state index in [0.29, 0.717) is 25.0 Å². The molecular weight excluding hydrogens is 346 g/mol. The van der Waals surface area contributed by atoms with Gasteiger partial charge in [0.15, 0.2) is 5.82 Å². The number of aromatic amines is 1. The Hall–Kier alpha value is -3.27. The Morgan fingerprint density at radius 3 is 2.93 bits per heavy atom. The molecule has 0 radical (unpaired) electrons. The normalized spacial score (nSPS) is 17.7. The molecule has 1 N–H and O–H groups in total. The van der Waals surface area contributed by atoms with Crippen molar-refractivity contribution in [1.82, 2.24) is 39.6 Å². The van der Waals surface area contributed by atoms with E-state index in [1.807, 2.05) is 23.7 Å². The summed E-state index contributed by atoms with van der Waals surface area (Å²) >= 11 is 0. The van der Waals surface area contributed by atoms with E-state index in [4.69, 9.17) is 14.8 Å². The van der Waals surface area contributed by atoms with Gasteiger partial charge in [0.2, 0.25) is 5.95 Å². The first-order valence-electron chi connectivity index (χ1n) is 8.80. The molecule has 0 aromatic carbocycles. The third-order valence-corrected chi connectivity index (χ3v) is 4.81. The molecule has 0 saturated carbocycles. The molecule has 0 amide bonds. The summed E-state index contributed by atoms with van der Waals surface area (Å²) in [5, 5.41) is 16.1. The summed E-state index contributed by atoms with van der Waals surface area (Å²) < 4.78 is 9.19. The van der Waals surface area contributed by atoms with E-state index in [-0.39, 0.29) is 6.04 Å². The summed E-state index contributed by atoms with van der Waals surface area (Å²) in [5.41, 5.74) is 3.30. The molecule has 0 unspecified atom stereocenters. The lowest BCUT2D eigenvalue weighted by molar-refractivity contribution is 0.0979. The monoisotopic (exact) mass is 365 g/mol. The van der Waals surface area contributed by atoms with Gasteiger partial charge >= 0.3 is 0 Å². The van der Waals surface area contributed by atoms with E-state index in [1.165, 1.54) is 0 Å². The minimum Gasteiger partial charge on any atom is -0.377 e. The molecule has 1 aliphatic rings. The Morgan fingerprint density at radius 1 is 1.26 bits per heavy atom. The Morgan fingerprint density at radius 2 is 2.19 bits per heavy atom. The van der Waals surface area contributed by atoms with Gasteiger partial charge in [-0.15, -0.1) is 5.10 Å². The zero-order valence-corrected chi connectivity index (χ0v) is 15.1. The molecule has 10 heteroatoms. The molecule has 0 aliphatic carbocycles. The first kappa shape index (κ1) is 15.9. The minimum absolute atomic E-state index is 0.190. The van der Waals surface area contributed by atoms with E-state index >= 15 is 0 Å². The highest BCUT2D eigenvalue weighted by molar-refractivity contribution is 5.77. The van der Waals surface area contributed by atoms with Gasteiger partial charge in [-0.25, -0.2) is 14.5 Å². The number of nitrogens with one attached hydrogen (secondary N) is 1. The van der Waals surface area contributed by atoms with Crippen molar-refractivity contribution in [1.29, 1.82) is 0 Å². The van der Waals surface area contributed by atoms with E-state index in [2.05, 4.69) is 32.1 Å². The molecule has 0 bridgehead atoms. The number of nitrogens with zero attached hydrogens (tertiary/aromatic N) is 8. The highest BCUT2D eigenvalue weighted by atomic mass is 16.5. The summed E-state index contributed by atoms with van der Waals surface area (Å²) in [4.78, 5) is 11.6. The predicted octanol–water partition coefficient (Wildman–Crippen LogP) is 1.14. The summed E-state index contributed by atoms with van der Waals surface area (Å²) in [6.07, 6.45) is 5.24. The van der Waals surface area contributed by atoms with Gasteiger partial charge in [-0.2, -0.15) is 10.2 Å². The topological polar surface area (TPSA) is 102 Å². The van der Waals surface area contributed by atoms with Gasteiger partial charge in [0.05, 0.1) is 31.1 Å². The highest BCUT2D eigenvalue weighted by Crippen LogP contribution is 2.28. The zero-order valence-electron chi connectivity index (χ0n) is 15.1. The number of hydrogen-bond acceptors (Lipinski definition) is 7. The van der Waals surface area contributed by atoms with Crippen LogP contribution in [0.15, 0.2) is 30.7 Å². The summed E-state index contributed by atoms with van der Waals surface area (Å²) in [5.74, 6) is 1.34. The van der Waals surface area contributed by atoms with Crippen LogP contribution in [0.2, 0.25) is 0 Å². The summed E-state index contributed by atoms with van der Waals surface area (Å²) in [6.45, 7) is 4.16. The highest BCUT2D eigenvalue weighted by Gasteiger charge is 2.25. The van der Waals surface area contributed by atoms with Gasteiger partial charge in [0, 0.05) is 26.0 Å². The van der Waals surface area contributed by atoms with Gasteiger partial charge in [0.1, 0.15) is 16.9 Å². The van der Waals surface area contributed by atoms with Crippen LogP contribution < -0.4 is 4.90 Å². The Balaban J connectivity index is 1.76. The van der Waals surface area contributed by atoms with E-state index < -0.39 is 0 Å². The molecule has 4 aromatic rings. The van der Waals surface area contributed by atoms with Crippen LogP contribution in [-0.4, -0.2) is 65.4 Å². The van der Waals surface area contributed by atoms with Crippen LogP contribution in [0.1, 0.15) is 6.92 Å². The molecule has 1 fully saturated rings. The van der Waals surface area contributed by atoms with E-state index in [9.17, 15) is 0 Å². The lowest BCUT2D eigenvalue weighted by Crippen LogP contribution is -2.44. The first-order valence-corrected chi connectivity index (χ1v) is 8.80. The van der Waals surface area contributed by atoms with Gasteiger partial charge in [0.25, 0.3) is 0 Å². The van der Waals surface area contributed by atoms with E-state index in [1.54, 1.807) is 23.3 Å². The van der Waals surface area contributed by atoms with Gasteiger partial charge < -0.3 is 9.64 Å². The van der Waals surface area contributed by atoms with Crippen LogP contribution in [0.4, 0.5) is 5.95 Å². The molecule has 1 aliphatic heterocycles. The molecule has 0 spiro atoms. The number of imidazole rings is 1. The number of aromatic nitrogens is 8. The van der Waals surface area contributed by atoms with Crippen LogP contribution in [0.5, 0.6) is 0 Å². The quantitative estimate of drug-likeness (QED) is 0.581. The number of anilines is 1. The average molecular weight is 365 g/mol. The molecule has 5 rings (SSSR count). The SMILES string of the molecule is C[C@@H]1COCCN1c1nc(-c2ccnn2C)c2cnc(-c3ccn[nH]3)n2n1. The van der Waals surface area contributed by atoms with Gasteiger partial charge in [-0.3, -0.25) is 9.78 Å². The molecule has 10 nitrogen and oxygen atoms in total. The lowest BCUT2D eigenvalue weighted by atomic mass is 10.2. The second-order valence-electron chi connectivity index (χ2n) is 6.57. The number of hydrogen-bond donors (Lipinski definition) is 1. The summed E-state index contributed by atoms with van der Waals surface area (Å²) in [6, 6.07) is 4.00. The molecule has 27 heavy (non-hydrogen) atoms. The minimum atomic E-state index is 0.190. The number of rotatable bonds is 3. The standard InChI is InChI=1S/C17H19N9O/c1-11-10-27-8-7-25(11)17-21-15(13-4-6-20-24(13)2)14-9-18-16(26(14)23-17)12-3-5-19-22-12/h3-6,9,11H,7-8,10H2,1-2H3,(H,19,22)/t11-/m1/s1. The maximum atomic E-state index is 5.57. The van der Waals surface area contributed by atoms with Crippen LogP contribution in [0.3, 0.4) is 0 Å². The van der Waals surface area contributed by atoms with Crippen molar-refractivity contribution in [3.63, 3.8) is 0 Å². The third-order valence-electron chi connectivity index (χ3n) is 4.81. The van der Waals surface area contributed by atoms with Crippen LogP contribution >= 0.6 is 0 Å². The molecule has 1 saturated heterocycles. The Bertz CT molecular complexity index is 1080. The number of morpholine rings is 1. The van der Waals surface area contributed by atoms with Crippen molar-refractivity contribution in [2.24, 2.45) is 7.05 Å². The maximum Gasteiger partial charge on any atom is 0.244 e. The van der Waals surface area contributed by atoms with Crippen LogP contribution in [0.25, 0.3) is 28.4 Å². The fraction of sp³-hybridized carbons (Fsp3) is 0.353. The fourth-order valence-electron chi connectivity index (χ4n) is 3.38. The van der Waals surface area contributed by atoms with E-state index in [0.717, 1.165) is 29.1 Å². The van der Waals surface area contributed by atoms with Gasteiger partial charge in [-0.1, -0.05) is 0 Å². The first-order chi connectivity index (χ1) is 13.2. The van der Waals surface area contributed by atoms with Crippen molar-refractivity contribution >= 4 is 11.5 Å². The van der Waals surface area contributed by atoms with Gasteiger partial charge in [-0.05, 0) is 19.1 Å².